The zero-order valence-electron chi connectivity index (χ0n) is 13.5. The van der Waals surface area contributed by atoms with E-state index in [0.717, 1.165) is 48.2 Å². The predicted octanol–water partition coefficient (Wildman–Crippen LogP) is 3.25. The first-order valence-corrected chi connectivity index (χ1v) is 8.44. The number of hydrogen-bond donors (Lipinski definition) is 1. The highest BCUT2D eigenvalue weighted by atomic mass is 16.2. The maximum absolute atomic E-state index is 12.9. The van der Waals surface area contributed by atoms with E-state index >= 15 is 0 Å². The molecular weight excluding hydrogens is 300 g/mol. The number of likely N-dealkylation sites (tertiary alicyclic amines) is 1. The average molecular weight is 320 g/mol. The van der Waals surface area contributed by atoms with Crippen LogP contribution in [0.15, 0.2) is 48.8 Å². The molecule has 0 saturated carbocycles. The van der Waals surface area contributed by atoms with Crippen LogP contribution >= 0.6 is 0 Å². The molecule has 1 atom stereocenters. The molecule has 1 fully saturated rings. The summed E-state index contributed by atoms with van der Waals surface area (Å²) < 4.78 is 0. The van der Waals surface area contributed by atoms with Gasteiger partial charge in [-0.3, -0.25) is 9.78 Å². The Morgan fingerprint density at radius 1 is 1.21 bits per heavy atom. The lowest BCUT2D eigenvalue weighted by atomic mass is 9.96. The molecule has 0 radical (unpaired) electrons. The minimum atomic E-state index is 0.127. The number of hydrogen-bond acceptors (Lipinski definition) is 3. The van der Waals surface area contributed by atoms with Gasteiger partial charge < -0.3 is 9.88 Å². The fraction of sp³-hybridized carbons (Fsp3) is 0.316. The van der Waals surface area contributed by atoms with Crippen molar-refractivity contribution in [1.82, 2.24) is 19.9 Å². The molecular formula is C19H20N4O. The van der Waals surface area contributed by atoms with Gasteiger partial charge >= 0.3 is 0 Å². The highest BCUT2D eigenvalue weighted by Crippen LogP contribution is 2.30. The number of piperidine rings is 1. The van der Waals surface area contributed by atoms with E-state index in [9.17, 15) is 4.79 Å². The Balaban J connectivity index is 1.55. The first-order valence-electron chi connectivity index (χ1n) is 8.44. The third-order valence-electron chi connectivity index (χ3n) is 4.65. The van der Waals surface area contributed by atoms with Gasteiger partial charge in [-0.15, -0.1) is 0 Å². The minimum absolute atomic E-state index is 0.127. The SMILES string of the molecule is O=C(Cc1nc2ccccc2[nH]1)N1CCCCC1c1cccnc1. The number of para-hydroxylation sites is 2. The van der Waals surface area contributed by atoms with E-state index < -0.39 is 0 Å². The fourth-order valence-electron chi connectivity index (χ4n) is 3.48. The van der Waals surface area contributed by atoms with E-state index in [1.807, 2.05) is 41.4 Å². The van der Waals surface area contributed by atoms with Crippen molar-refractivity contribution in [1.29, 1.82) is 0 Å². The topological polar surface area (TPSA) is 61.9 Å². The molecule has 1 N–H and O–H groups in total. The van der Waals surface area contributed by atoms with E-state index in [4.69, 9.17) is 0 Å². The van der Waals surface area contributed by atoms with Crippen LogP contribution in [0.2, 0.25) is 0 Å². The second-order valence-corrected chi connectivity index (χ2v) is 6.26. The Hall–Kier alpha value is -2.69. The van der Waals surface area contributed by atoms with Crippen molar-refractivity contribution in [3.05, 3.63) is 60.2 Å². The van der Waals surface area contributed by atoms with Crippen LogP contribution in [0.1, 0.15) is 36.7 Å². The lowest BCUT2D eigenvalue weighted by molar-refractivity contribution is -0.134. The summed E-state index contributed by atoms with van der Waals surface area (Å²) in [4.78, 5) is 26.9. The normalized spacial score (nSPS) is 18.0. The van der Waals surface area contributed by atoms with Crippen molar-refractivity contribution < 1.29 is 4.79 Å². The minimum Gasteiger partial charge on any atom is -0.342 e. The van der Waals surface area contributed by atoms with Gasteiger partial charge in [-0.25, -0.2) is 4.98 Å². The van der Waals surface area contributed by atoms with Crippen LogP contribution in [0.3, 0.4) is 0 Å². The molecule has 0 aliphatic carbocycles. The van der Waals surface area contributed by atoms with Crippen molar-refractivity contribution >= 4 is 16.9 Å². The largest absolute Gasteiger partial charge is 0.342 e. The number of aromatic nitrogens is 3. The maximum Gasteiger partial charge on any atom is 0.230 e. The Bertz CT molecular complexity index is 810. The standard InChI is InChI=1S/C19H20N4O/c24-19(12-18-21-15-7-1-2-8-16(15)22-18)23-11-4-3-9-17(23)14-6-5-10-20-13-14/h1-2,5-8,10,13,17H,3-4,9,11-12H2,(H,21,22). The number of carbonyl (C=O) groups excluding carboxylic acids is 1. The molecule has 1 unspecified atom stereocenters. The third kappa shape index (κ3) is 2.89. The average Bonchev–Trinajstić information content (AvgIpc) is 3.04. The monoisotopic (exact) mass is 320 g/mol. The number of aromatic amines is 1. The fourth-order valence-corrected chi connectivity index (χ4v) is 3.48. The van der Waals surface area contributed by atoms with Gasteiger partial charge in [-0.1, -0.05) is 18.2 Å². The summed E-state index contributed by atoms with van der Waals surface area (Å²) in [7, 11) is 0. The van der Waals surface area contributed by atoms with Crippen LogP contribution in [0.5, 0.6) is 0 Å². The molecule has 3 heterocycles. The van der Waals surface area contributed by atoms with Crippen molar-refractivity contribution in [2.24, 2.45) is 0 Å². The highest BCUT2D eigenvalue weighted by molar-refractivity contribution is 5.81. The maximum atomic E-state index is 12.9. The molecule has 5 heteroatoms. The number of rotatable bonds is 3. The zero-order chi connectivity index (χ0) is 16.4. The molecule has 1 aliphatic heterocycles. The Morgan fingerprint density at radius 2 is 2.12 bits per heavy atom. The van der Waals surface area contributed by atoms with E-state index in [2.05, 4.69) is 21.0 Å². The van der Waals surface area contributed by atoms with Gasteiger partial charge in [-0.05, 0) is 43.0 Å². The first-order chi connectivity index (χ1) is 11.8. The number of benzene rings is 1. The molecule has 1 aliphatic rings. The smallest absolute Gasteiger partial charge is 0.230 e. The lowest BCUT2D eigenvalue weighted by Gasteiger charge is -2.35. The molecule has 3 aromatic rings. The summed E-state index contributed by atoms with van der Waals surface area (Å²) in [6.45, 7) is 0.804. The second-order valence-electron chi connectivity index (χ2n) is 6.26. The number of nitrogens with one attached hydrogen (secondary N) is 1. The summed E-state index contributed by atoms with van der Waals surface area (Å²) in [5, 5.41) is 0. The molecule has 4 rings (SSSR count). The van der Waals surface area contributed by atoms with Crippen molar-refractivity contribution in [2.45, 2.75) is 31.7 Å². The number of imidazole rings is 1. The van der Waals surface area contributed by atoms with Crippen molar-refractivity contribution in [2.75, 3.05) is 6.54 Å². The molecule has 1 saturated heterocycles. The van der Waals surface area contributed by atoms with Crippen LogP contribution in [-0.4, -0.2) is 32.3 Å². The highest BCUT2D eigenvalue weighted by Gasteiger charge is 2.28. The van der Waals surface area contributed by atoms with Gasteiger partial charge in [0.25, 0.3) is 0 Å². The number of amides is 1. The zero-order valence-corrected chi connectivity index (χ0v) is 13.5. The molecule has 5 nitrogen and oxygen atoms in total. The lowest BCUT2D eigenvalue weighted by Crippen LogP contribution is -2.39. The Morgan fingerprint density at radius 3 is 2.96 bits per heavy atom. The number of carbonyl (C=O) groups is 1. The molecule has 0 spiro atoms. The van der Waals surface area contributed by atoms with Gasteiger partial charge in [0.2, 0.25) is 5.91 Å². The molecule has 2 aromatic heterocycles. The van der Waals surface area contributed by atoms with Crippen molar-refractivity contribution in [3.8, 4) is 0 Å². The van der Waals surface area contributed by atoms with Gasteiger partial charge in [0.05, 0.1) is 23.5 Å². The summed E-state index contributed by atoms with van der Waals surface area (Å²) in [5.74, 6) is 0.860. The van der Waals surface area contributed by atoms with Crippen LogP contribution < -0.4 is 0 Å². The van der Waals surface area contributed by atoms with Crippen LogP contribution in [0.25, 0.3) is 11.0 Å². The summed E-state index contributed by atoms with van der Waals surface area (Å²) in [5.41, 5.74) is 3.00. The van der Waals surface area contributed by atoms with E-state index in [-0.39, 0.29) is 11.9 Å². The van der Waals surface area contributed by atoms with Crippen molar-refractivity contribution in [3.63, 3.8) is 0 Å². The third-order valence-corrected chi connectivity index (χ3v) is 4.65. The van der Waals surface area contributed by atoms with E-state index in [1.54, 1.807) is 6.20 Å². The van der Waals surface area contributed by atoms with E-state index in [0.29, 0.717) is 6.42 Å². The molecule has 24 heavy (non-hydrogen) atoms. The number of nitrogens with zero attached hydrogens (tertiary/aromatic N) is 3. The van der Waals surface area contributed by atoms with Crippen LogP contribution in [0.4, 0.5) is 0 Å². The Kier molecular flexibility index (Phi) is 3.99. The number of pyridine rings is 1. The van der Waals surface area contributed by atoms with Gasteiger partial charge in [0.1, 0.15) is 5.82 Å². The summed E-state index contributed by atoms with van der Waals surface area (Å²) in [6, 6.07) is 12.0. The second kappa shape index (κ2) is 6.43. The molecule has 1 amide bonds. The number of H-pyrrole nitrogens is 1. The van der Waals surface area contributed by atoms with Crippen LogP contribution in [-0.2, 0) is 11.2 Å². The predicted molar refractivity (Wildman–Crippen MR) is 92.3 cm³/mol. The molecule has 122 valence electrons. The summed E-state index contributed by atoms with van der Waals surface area (Å²) in [6.07, 6.45) is 7.16. The van der Waals surface area contributed by atoms with E-state index in [1.165, 1.54) is 0 Å². The molecule has 1 aromatic carbocycles. The Labute approximate surface area is 140 Å². The van der Waals surface area contributed by atoms with Gasteiger partial charge in [0, 0.05) is 18.9 Å². The first kappa shape index (κ1) is 14.9. The van der Waals surface area contributed by atoms with Gasteiger partial charge in [-0.2, -0.15) is 0 Å². The quantitative estimate of drug-likeness (QED) is 0.806. The number of fused-ring (bicyclic) bond motifs is 1. The molecule has 0 bridgehead atoms. The van der Waals surface area contributed by atoms with Crippen LogP contribution in [0, 0.1) is 0 Å². The van der Waals surface area contributed by atoms with Gasteiger partial charge in [0.15, 0.2) is 0 Å². The summed E-state index contributed by atoms with van der Waals surface area (Å²) >= 11 is 0.